The second kappa shape index (κ2) is 3.49. The summed E-state index contributed by atoms with van der Waals surface area (Å²) in [5, 5.41) is -0.236. The first-order valence-corrected chi connectivity index (χ1v) is 6.86. The average Bonchev–Trinajstić information content (AvgIpc) is 3.02. The highest BCUT2D eigenvalue weighted by atomic mass is 35.5. The van der Waals surface area contributed by atoms with Gasteiger partial charge < -0.3 is 0 Å². The molecule has 1 fully saturated rings. The normalized spacial score (nSPS) is 20.9. The van der Waals surface area contributed by atoms with Gasteiger partial charge in [-0.25, -0.2) is 8.42 Å². The van der Waals surface area contributed by atoms with Gasteiger partial charge >= 0.3 is 0 Å². The molecule has 0 N–H and O–H groups in total. The fraction of sp³-hybridized carbons (Fsp3) is 0.455. The van der Waals surface area contributed by atoms with Gasteiger partial charge in [-0.3, -0.25) is 0 Å². The van der Waals surface area contributed by atoms with Gasteiger partial charge in [0.05, 0.1) is 5.25 Å². The molecule has 82 valence electrons. The Morgan fingerprint density at radius 1 is 1.27 bits per heavy atom. The Hall–Kier alpha value is -0.540. The summed E-state index contributed by atoms with van der Waals surface area (Å²) in [7, 11) is -3.25. The van der Waals surface area contributed by atoms with Crippen molar-refractivity contribution in [3.63, 3.8) is 0 Å². The number of halogens is 1. The van der Waals surface area contributed by atoms with Gasteiger partial charge in [-0.15, -0.1) is 0 Å². The fourth-order valence-corrected chi connectivity index (χ4v) is 3.94. The number of hydrogen-bond donors (Lipinski definition) is 0. The minimum Gasteiger partial charge on any atom is -0.226 e. The van der Waals surface area contributed by atoms with E-state index in [0.29, 0.717) is 5.56 Å². The third-order valence-electron chi connectivity index (χ3n) is 2.79. The highest BCUT2D eigenvalue weighted by Crippen LogP contribution is 2.44. The average molecular weight is 245 g/mol. The summed E-state index contributed by atoms with van der Waals surface area (Å²) in [6.45, 7) is 1.57. The van der Waals surface area contributed by atoms with E-state index in [1.807, 2.05) is 6.07 Å². The summed E-state index contributed by atoms with van der Waals surface area (Å²) in [5.74, 6) is 0. The molecule has 4 heteroatoms. The number of hydrogen-bond acceptors (Lipinski definition) is 2. The third-order valence-corrected chi connectivity index (χ3v) is 6.30. The third kappa shape index (κ3) is 1.79. The van der Waals surface area contributed by atoms with E-state index >= 15 is 0 Å². The number of alkyl halides is 1. The van der Waals surface area contributed by atoms with Crippen LogP contribution in [0.3, 0.4) is 0 Å². The van der Waals surface area contributed by atoms with Crippen LogP contribution in [0, 0.1) is 0 Å². The maximum Gasteiger partial charge on any atom is 0.176 e. The zero-order chi connectivity index (χ0) is 11.1. The van der Waals surface area contributed by atoms with Gasteiger partial charge in [0, 0.05) is 0 Å². The molecule has 1 aromatic carbocycles. The maximum atomic E-state index is 12.1. The predicted octanol–water partition coefficient (Wildman–Crippen LogP) is 2.68. The maximum absolute atomic E-state index is 12.1. The molecular weight excluding hydrogens is 232 g/mol. The van der Waals surface area contributed by atoms with Crippen molar-refractivity contribution in [3.05, 3.63) is 35.9 Å². The summed E-state index contributed by atoms with van der Waals surface area (Å²) in [6, 6.07) is 8.97. The topological polar surface area (TPSA) is 34.1 Å². The molecule has 15 heavy (non-hydrogen) atoms. The molecule has 1 aliphatic rings. The lowest BCUT2D eigenvalue weighted by atomic mass is 10.2. The molecule has 0 aromatic heterocycles. The van der Waals surface area contributed by atoms with Crippen LogP contribution in [0.5, 0.6) is 0 Å². The Bertz CT molecular complexity index is 447. The molecular formula is C11H13ClO2S. The molecule has 0 heterocycles. The second-order valence-corrected chi connectivity index (χ2v) is 7.58. The van der Waals surface area contributed by atoms with E-state index in [9.17, 15) is 8.42 Å². The highest BCUT2D eigenvalue weighted by Gasteiger charge is 2.48. The van der Waals surface area contributed by atoms with E-state index in [1.54, 1.807) is 31.2 Å². The molecule has 2 nitrogen and oxygen atoms in total. The molecule has 0 radical (unpaired) electrons. The standard InChI is InChI=1S/C11H13ClO2S/c1-11(12,9-5-3-2-4-6-9)15(13,14)10-7-8-10/h2-6,10H,7-8H2,1H3. The molecule has 1 aromatic rings. The van der Waals surface area contributed by atoms with Crippen LogP contribution in [0.25, 0.3) is 0 Å². The summed E-state index contributed by atoms with van der Waals surface area (Å²) in [4.78, 5) is 0. The summed E-state index contributed by atoms with van der Waals surface area (Å²) >= 11 is 6.20. The lowest BCUT2D eigenvalue weighted by Crippen LogP contribution is -2.29. The van der Waals surface area contributed by atoms with Crippen LogP contribution < -0.4 is 0 Å². The SMILES string of the molecule is CC(Cl)(c1ccccc1)S(=O)(=O)C1CC1. The summed E-state index contributed by atoms with van der Waals surface area (Å²) in [6.07, 6.45) is 1.49. The van der Waals surface area contributed by atoms with Crippen molar-refractivity contribution in [2.45, 2.75) is 29.2 Å². The second-order valence-electron chi connectivity index (χ2n) is 4.03. The van der Waals surface area contributed by atoms with Gasteiger partial charge in [-0.1, -0.05) is 41.9 Å². The van der Waals surface area contributed by atoms with Gasteiger partial charge in [0.25, 0.3) is 0 Å². The first-order valence-electron chi connectivity index (χ1n) is 4.94. The van der Waals surface area contributed by atoms with E-state index in [4.69, 9.17) is 11.6 Å². The highest BCUT2D eigenvalue weighted by molar-refractivity contribution is 7.94. The Labute approximate surface area is 95.2 Å². The molecule has 0 spiro atoms. The van der Waals surface area contributed by atoms with E-state index < -0.39 is 14.0 Å². The van der Waals surface area contributed by atoms with Gasteiger partial charge in [0.15, 0.2) is 14.0 Å². The van der Waals surface area contributed by atoms with E-state index in [-0.39, 0.29) is 5.25 Å². The first kappa shape index (κ1) is 11.0. The van der Waals surface area contributed by atoms with Gasteiger partial charge in [0.2, 0.25) is 0 Å². The predicted molar refractivity (Wildman–Crippen MR) is 61.6 cm³/mol. The minimum absolute atomic E-state index is 0.236. The molecule has 1 atom stereocenters. The minimum atomic E-state index is -3.25. The first-order chi connectivity index (χ1) is 6.96. The van der Waals surface area contributed by atoms with Crippen molar-refractivity contribution < 1.29 is 8.42 Å². The van der Waals surface area contributed by atoms with Crippen molar-refractivity contribution in [3.8, 4) is 0 Å². The van der Waals surface area contributed by atoms with Crippen molar-refractivity contribution in [1.82, 2.24) is 0 Å². The van der Waals surface area contributed by atoms with E-state index in [1.165, 1.54) is 0 Å². The van der Waals surface area contributed by atoms with Gasteiger partial charge in [0.1, 0.15) is 0 Å². The lowest BCUT2D eigenvalue weighted by Gasteiger charge is -2.22. The van der Waals surface area contributed by atoms with Crippen molar-refractivity contribution in [1.29, 1.82) is 0 Å². The molecule has 0 saturated heterocycles. The Morgan fingerprint density at radius 2 is 1.80 bits per heavy atom. The Kier molecular flexibility index (Phi) is 2.55. The fourth-order valence-electron chi connectivity index (χ4n) is 1.59. The smallest absolute Gasteiger partial charge is 0.176 e. The Balaban J connectivity index is 2.43. The number of rotatable bonds is 3. The van der Waals surface area contributed by atoms with Crippen LogP contribution in [0.1, 0.15) is 25.3 Å². The van der Waals surface area contributed by atoms with Crippen molar-refractivity contribution in [2.24, 2.45) is 0 Å². The van der Waals surface area contributed by atoms with Crippen molar-refractivity contribution >= 4 is 21.4 Å². The van der Waals surface area contributed by atoms with Crippen LogP contribution in [0.4, 0.5) is 0 Å². The monoisotopic (exact) mass is 244 g/mol. The lowest BCUT2D eigenvalue weighted by molar-refractivity contribution is 0.577. The molecule has 1 saturated carbocycles. The Morgan fingerprint density at radius 3 is 2.27 bits per heavy atom. The molecule has 1 unspecified atom stereocenters. The number of sulfone groups is 1. The van der Waals surface area contributed by atoms with Crippen LogP contribution in [0.15, 0.2) is 30.3 Å². The van der Waals surface area contributed by atoms with E-state index in [2.05, 4.69) is 0 Å². The molecule has 0 bridgehead atoms. The largest absolute Gasteiger partial charge is 0.226 e. The van der Waals surface area contributed by atoms with Crippen LogP contribution >= 0.6 is 11.6 Å². The van der Waals surface area contributed by atoms with Crippen LogP contribution in [0.2, 0.25) is 0 Å². The zero-order valence-electron chi connectivity index (χ0n) is 8.48. The quantitative estimate of drug-likeness (QED) is 0.767. The molecule has 1 aliphatic carbocycles. The van der Waals surface area contributed by atoms with Crippen LogP contribution in [-0.4, -0.2) is 13.7 Å². The molecule has 2 rings (SSSR count). The summed E-state index contributed by atoms with van der Waals surface area (Å²) in [5.41, 5.74) is 0.651. The summed E-state index contributed by atoms with van der Waals surface area (Å²) < 4.78 is 22.9. The van der Waals surface area contributed by atoms with Crippen molar-refractivity contribution in [2.75, 3.05) is 0 Å². The van der Waals surface area contributed by atoms with Gasteiger partial charge in [-0.05, 0) is 25.3 Å². The molecule has 0 amide bonds. The van der Waals surface area contributed by atoms with E-state index in [0.717, 1.165) is 12.8 Å². The van der Waals surface area contributed by atoms with Crippen LogP contribution in [-0.2, 0) is 14.0 Å². The zero-order valence-corrected chi connectivity index (χ0v) is 10.1. The van der Waals surface area contributed by atoms with Gasteiger partial charge in [-0.2, -0.15) is 0 Å². The molecule has 0 aliphatic heterocycles. The number of benzene rings is 1.